The van der Waals surface area contributed by atoms with Gasteiger partial charge < -0.3 is 20.3 Å². The van der Waals surface area contributed by atoms with Crippen LogP contribution in [0.3, 0.4) is 0 Å². The number of likely N-dealkylation sites (tertiary alicyclic amines) is 1. The van der Waals surface area contributed by atoms with Gasteiger partial charge in [-0.25, -0.2) is 9.97 Å². The number of ether oxygens (including phenoxy) is 1. The number of halogens is 2. The van der Waals surface area contributed by atoms with Crippen molar-refractivity contribution in [2.24, 2.45) is 11.8 Å². The molecular weight excluding hydrogens is 469 g/mol. The van der Waals surface area contributed by atoms with E-state index in [1.165, 1.54) is 12.4 Å². The van der Waals surface area contributed by atoms with Crippen LogP contribution in [0.15, 0.2) is 18.5 Å². The van der Waals surface area contributed by atoms with Crippen LogP contribution in [0.1, 0.15) is 45.1 Å². The first-order chi connectivity index (χ1) is 16.9. The molecule has 2 atom stereocenters. The van der Waals surface area contributed by atoms with Gasteiger partial charge in [-0.05, 0) is 63.6 Å². The van der Waals surface area contributed by atoms with Gasteiger partial charge >= 0.3 is 0 Å². The zero-order chi connectivity index (χ0) is 24.9. The molecule has 4 heterocycles. The number of amides is 1. The van der Waals surface area contributed by atoms with E-state index in [1.54, 1.807) is 6.07 Å². The van der Waals surface area contributed by atoms with Gasteiger partial charge in [0.05, 0.1) is 16.6 Å². The second kappa shape index (κ2) is 11.6. The molecule has 2 aliphatic rings. The Morgan fingerprint density at radius 3 is 2.69 bits per heavy atom. The van der Waals surface area contributed by atoms with Crippen molar-refractivity contribution in [2.45, 2.75) is 52.0 Å². The van der Waals surface area contributed by atoms with Crippen LogP contribution in [0.2, 0.25) is 5.02 Å². The van der Waals surface area contributed by atoms with E-state index < -0.39 is 5.95 Å². The third kappa shape index (κ3) is 6.11. The summed E-state index contributed by atoms with van der Waals surface area (Å²) >= 11 is 6.53. The molecule has 2 unspecified atom stereocenters. The lowest BCUT2D eigenvalue weighted by molar-refractivity contribution is -0.121. The largest absolute Gasteiger partial charge is 0.381 e. The first-order valence-corrected chi connectivity index (χ1v) is 12.9. The molecule has 2 aromatic heterocycles. The molecule has 0 aromatic carbocycles. The smallest absolute Gasteiger partial charge is 0.236 e. The summed E-state index contributed by atoms with van der Waals surface area (Å²) in [6.07, 6.45) is 7.38. The normalized spacial score (nSPS) is 21.6. The highest BCUT2D eigenvalue weighted by atomic mass is 35.5. The predicted octanol–water partition coefficient (Wildman–Crippen LogP) is 5.01. The van der Waals surface area contributed by atoms with Crippen LogP contribution in [0, 0.1) is 17.8 Å². The monoisotopic (exact) mass is 503 g/mol. The Bertz CT molecular complexity index is 1050. The minimum atomic E-state index is -0.521. The van der Waals surface area contributed by atoms with E-state index in [1.807, 2.05) is 14.0 Å². The van der Waals surface area contributed by atoms with Crippen molar-refractivity contribution in [2.75, 3.05) is 44.0 Å². The molecule has 2 aromatic rings. The minimum Gasteiger partial charge on any atom is -0.381 e. The van der Waals surface area contributed by atoms with E-state index in [0.29, 0.717) is 47.0 Å². The van der Waals surface area contributed by atoms with Gasteiger partial charge in [0.2, 0.25) is 11.9 Å². The zero-order valence-electron chi connectivity index (χ0n) is 20.7. The number of carbonyl (C=O) groups is 1. The van der Waals surface area contributed by atoms with Crippen LogP contribution in [-0.2, 0) is 16.0 Å². The lowest BCUT2D eigenvalue weighted by atomic mass is 9.93. The maximum absolute atomic E-state index is 14.8. The molecule has 0 saturated carbocycles. The lowest BCUT2D eigenvalue weighted by Gasteiger charge is -2.34. The minimum absolute atomic E-state index is 0.0451. The maximum atomic E-state index is 14.8. The summed E-state index contributed by atoms with van der Waals surface area (Å²) in [5.41, 5.74) is 2.62. The molecule has 2 N–H and O–H groups in total. The number of aromatic nitrogens is 2. The van der Waals surface area contributed by atoms with Gasteiger partial charge in [0.15, 0.2) is 0 Å². The first kappa shape index (κ1) is 25.8. The van der Waals surface area contributed by atoms with Gasteiger partial charge in [-0.3, -0.25) is 4.79 Å². The molecule has 1 amide bonds. The van der Waals surface area contributed by atoms with E-state index in [2.05, 4.69) is 32.4 Å². The highest BCUT2D eigenvalue weighted by molar-refractivity contribution is 6.33. The third-order valence-electron chi connectivity index (χ3n) is 7.36. The van der Waals surface area contributed by atoms with E-state index in [-0.39, 0.29) is 11.8 Å². The molecule has 35 heavy (non-hydrogen) atoms. The van der Waals surface area contributed by atoms with Gasteiger partial charge in [0.1, 0.15) is 5.82 Å². The topological polar surface area (TPSA) is 79.4 Å². The van der Waals surface area contributed by atoms with Gasteiger partial charge in [-0.15, -0.1) is 0 Å². The van der Waals surface area contributed by atoms with Crippen molar-refractivity contribution >= 4 is 29.0 Å². The van der Waals surface area contributed by atoms with Crippen LogP contribution in [0.4, 0.5) is 15.9 Å². The number of nitrogens with zero attached hydrogens (tertiary/aromatic N) is 3. The molecule has 2 fully saturated rings. The van der Waals surface area contributed by atoms with E-state index in [4.69, 9.17) is 16.3 Å². The number of pyridine rings is 2. The Labute approximate surface area is 211 Å². The summed E-state index contributed by atoms with van der Waals surface area (Å²) in [5.74, 6) is 0.212. The molecule has 2 saturated heterocycles. The van der Waals surface area contributed by atoms with Crippen molar-refractivity contribution in [3.63, 3.8) is 0 Å². The molecule has 0 aliphatic carbocycles. The number of rotatable bonds is 7. The number of carbonyl (C=O) groups excluding carboxylic acids is 1. The molecular formula is C26H35ClFN5O2. The van der Waals surface area contributed by atoms with Crippen LogP contribution in [0.25, 0.3) is 11.1 Å². The molecule has 2 aliphatic heterocycles. The number of hydrogen-bond acceptors (Lipinski definition) is 6. The Morgan fingerprint density at radius 1 is 1.20 bits per heavy atom. The lowest BCUT2D eigenvalue weighted by Crippen LogP contribution is -2.43. The Balaban J connectivity index is 1.56. The predicted molar refractivity (Wildman–Crippen MR) is 137 cm³/mol. The highest BCUT2D eigenvalue weighted by Crippen LogP contribution is 2.36. The van der Waals surface area contributed by atoms with Crippen molar-refractivity contribution in [3.05, 3.63) is 35.0 Å². The quantitative estimate of drug-likeness (QED) is 0.517. The summed E-state index contributed by atoms with van der Waals surface area (Å²) in [6, 6.07) is 2.23. The summed E-state index contributed by atoms with van der Waals surface area (Å²) in [5, 5.41) is 6.69. The Hall–Kier alpha value is -2.29. The zero-order valence-corrected chi connectivity index (χ0v) is 21.5. The highest BCUT2D eigenvalue weighted by Gasteiger charge is 2.28. The molecule has 0 spiro atoms. The molecule has 190 valence electrons. The van der Waals surface area contributed by atoms with E-state index in [0.717, 1.165) is 56.6 Å². The van der Waals surface area contributed by atoms with Crippen LogP contribution in [0.5, 0.6) is 0 Å². The fourth-order valence-corrected chi connectivity index (χ4v) is 5.14. The third-order valence-corrected chi connectivity index (χ3v) is 7.66. The fraction of sp³-hybridized carbons (Fsp3) is 0.577. The van der Waals surface area contributed by atoms with E-state index in [9.17, 15) is 9.18 Å². The van der Waals surface area contributed by atoms with Crippen molar-refractivity contribution in [1.29, 1.82) is 0 Å². The van der Waals surface area contributed by atoms with Crippen LogP contribution < -0.4 is 10.6 Å². The average Bonchev–Trinajstić information content (AvgIpc) is 2.86. The number of piperidine rings is 1. The van der Waals surface area contributed by atoms with E-state index >= 15 is 0 Å². The second-order valence-electron chi connectivity index (χ2n) is 9.71. The summed E-state index contributed by atoms with van der Waals surface area (Å²) in [4.78, 5) is 23.5. The second-order valence-corrected chi connectivity index (χ2v) is 10.1. The Kier molecular flexibility index (Phi) is 8.57. The van der Waals surface area contributed by atoms with Crippen molar-refractivity contribution < 1.29 is 13.9 Å². The van der Waals surface area contributed by atoms with Gasteiger partial charge in [0, 0.05) is 55.9 Å². The van der Waals surface area contributed by atoms with Crippen LogP contribution in [-0.4, -0.2) is 60.2 Å². The summed E-state index contributed by atoms with van der Waals surface area (Å²) < 4.78 is 20.2. The first-order valence-electron chi connectivity index (χ1n) is 12.5. The van der Waals surface area contributed by atoms with Gasteiger partial charge in [-0.1, -0.05) is 18.5 Å². The fourth-order valence-electron chi connectivity index (χ4n) is 4.94. The number of nitrogens with one attached hydrogen (secondary N) is 2. The Morgan fingerprint density at radius 2 is 1.97 bits per heavy atom. The number of hydrogen-bond donors (Lipinski definition) is 2. The molecule has 0 radical (unpaired) electrons. The standard InChI is InChI=1S/C26H35ClFN5O2/c1-4-19-21(13-31-25(28)24(19)30-12-17-7-9-35-10-8-17)20-11-23(29-14-22(20)27)32-26(34)18-6-5-16(2)33(3)15-18/h11,13-14,16-18,30H,4-10,12,15H2,1-3H3,(H,29,32,34). The summed E-state index contributed by atoms with van der Waals surface area (Å²) in [7, 11) is 2.05. The van der Waals surface area contributed by atoms with Crippen molar-refractivity contribution in [1.82, 2.24) is 14.9 Å². The number of anilines is 2. The molecule has 0 bridgehead atoms. The molecule has 7 nitrogen and oxygen atoms in total. The molecule has 9 heteroatoms. The van der Waals surface area contributed by atoms with Gasteiger partial charge in [-0.2, -0.15) is 4.39 Å². The maximum Gasteiger partial charge on any atom is 0.236 e. The van der Waals surface area contributed by atoms with Crippen molar-refractivity contribution in [3.8, 4) is 11.1 Å². The SMILES string of the molecule is CCc1c(-c2cc(NC(=O)C3CCC(C)N(C)C3)ncc2Cl)cnc(F)c1NCC1CCOCC1. The molecule has 4 rings (SSSR count). The summed E-state index contributed by atoms with van der Waals surface area (Å²) in [6.45, 7) is 7.03. The average molecular weight is 504 g/mol. The van der Waals surface area contributed by atoms with Crippen LogP contribution >= 0.6 is 11.6 Å². The van der Waals surface area contributed by atoms with Gasteiger partial charge in [0.25, 0.3) is 0 Å².